The third-order valence-electron chi connectivity index (χ3n) is 2.52. The van der Waals surface area contributed by atoms with Crippen LogP contribution >= 0.6 is 0 Å². The van der Waals surface area contributed by atoms with Crippen molar-refractivity contribution in [2.45, 2.75) is 19.9 Å². The van der Waals surface area contributed by atoms with E-state index in [1.54, 1.807) is 13.8 Å². The maximum Gasteiger partial charge on any atom is 0.326 e. The Bertz CT molecular complexity index is 474. The van der Waals surface area contributed by atoms with E-state index >= 15 is 0 Å². The van der Waals surface area contributed by atoms with Gasteiger partial charge in [0.15, 0.2) is 0 Å². The van der Waals surface area contributed by atoms with Crippen LogP contribution in [-0.4, -0.2) is 23.0 Å². The summed E-state index contributed by atoms with van der Waals surface area (Å²) in [7, 11) is 0. The Labute approximate surface area is 104 Å². The van der Waals surface area contributed by atoms with Crippen LogP contribution in [0.4, 0.5) is 10.1 Å². The van der Waals surface area contributed by atoms with E-state index in [2.05, 4.69) is 5.32 Å². The number of hydrogen-bond donors (Lipinski definition) is 3. The summed E-state index contributed by atoms with van der Waals surface area (Å²) in [6, 6.07) is 2.77. The molecule has 0 fully saturated rings. The van der Waals surface area contributed by atoms with Crippen LogP contribution in [0.1, 0.15) is 24.2 Å². The molecular formula is C12H15FN2O3. The number of benzene rings is 1. The molecular weight excluding hydrogens is 239 g/mol. The molecule has 0 bridgehead atoms. The number of carboxylic acid groups (broad SMARTS) is 1. The highest BCUT2D eigenvalue weighted by Gasteiger charge is 2.25. The Kier molecular flexibility index (Phi) is 4.25. The van der Waals surface area contributed by atoms with Crippen molar-refractivity contribution in [3.8, 4) is 0 Å². The smallest absolute Gasteiger partial charge is 0.326 e. The summed E-state index contributed by atoms with van der Waals surface area (Å²) in [5.41, 5.74) is 5.07. The predicted octanol–water partition coefficient (Wildman–Crippen LogP) is 1.25. The standard InChI is InChI=1S/C12H15FN2O3/c1-6(2)10(12(17)18)15-11(16)7-4-3-5-8(13)9(7)14/h3-6,10H,14H2,1-2H3,(H,15,16)(H,17,18). The highest BCUT2D eigenvalue weighted by molar-refractivity contribution is 6.00. The third kappa shape index (κ3) is 2.97. The lowest BCUT2D eigenvalue weighted by atomic mass is 10.0. The Morgan fingerprint density at radius 2 is 2.00 bits per heavy atom. The summed E-state index contributed by atoms with van der Waals surface area (Å²) in [5, 5.41) is 11.3. The monoisotopic (exact) mass is 254 g/mol. The van der Waals surface area contributed by atoms with Crippen LogP contribution < -0.4 is 11.1 Å². The topological polar surface area (TPSA) is 92.4 Å². The van der Waals surface area contributed by atoms with Gasteiger partial charge < -0.3 is 16.2 Å². The fourth-order valence-electron chi connectivity index (χ4n) is 1.47. The summed E-state index contributed by atoms with van der Waals surface area (Å²) in [4.78, 5) is 22.8. The zero-order valence-electron chi connectivity index (χ0n) is 10.1. The molecule has 1 atom stereocenters. The summed E-state index contributed by atoms with van der Waals surface area (Å²) in [5.74, 6) is -2.85. The molecule has 18 heavy (non-hydrogen) atoms. The van der Waals surface area contributed by atoms with Gasteiger partial charge in [0.25, 0.3) is 5.91 Å². The Hall–Kier alpha value is -2.11. The largest absolute Gasteiger partial charge is 0.480 e. The number of anilines is 1. The SMILES string of the molecule is CC(C)C(NC(=O)c1cccc(F)c1N)C(=O)O. The molecule has 1 rings (SSSR count). The molecule has 5 nitrogen and oxygen atoms in total. The molecule has 0 aliphatic carbocycles. The van der Waals surface area contributed by atoms with Gasteiger partial charge in [-0.3, -0.25) is 4.79 Å². The van der Waals surface area contributed by atoms with E-state index in [0.717, 1.165) is 6.07 Å². The van der Waals surface area contributed by atoms with E-state index in [-0.39, 0.29) is 17.2 Å². The first-order chi connectivity index (χ1) is 8.34. The molecule has 0 aliphatic rings. The lowest BCUT2D eigenvalue weighted by Crippen LogP contribution is -2.44. The van der Waals surface area contributed by atoms with Crippen LogP contribution in [0.15, 0.2) is 18.2 Å². The number of carbonyl (C=O) groups excluding carboxylic acids is 1. The average molecular weight is 254 g/mol. The van der Waals surface area contributed by atoms with E-state index in [1.165, 1.54) is 12.1 Å². The molecule has 1 unspecified atom stereocenters. The number of carboxylic acids is 1. The summed E-state index contributed by atoms with van der Waals surface area (Å²) in [6.07, 6.45) is 0. The molecule has 0 aromatic heterocycles. The van der Waals surface area contributed by atoms with Crippen molar-refractivity contribution in [3.05, 3.63) is 29.6 Å². The fraction of sp³-hybridized carbons (Fsp3) is 0.333. The second-order valence-electron chi connectivity index (χ2n) is 4.23. The van der Waals surface area contributed by atoms with E-state index in [9.17, 15) is 14.0 Å². The quantitative estimate of drug-likeness (QED) is 0.705. The maximum atomic E-state index is 13.2. The number of nitrogens with two attached hydrogens (primary N) is 1. The molecule has 0 saturated heterocycles. The molecule has 1 aromatic rings. The third-order valence-corrected chi connectivity index (χ3v) is 2.52. The second kappa shape index (κ2) is 5.48. The molecule has 1 amide bonds. The van der Waals surface area contributed by atoms with Gasteiger partial charge in [-0.25, -0.2) is 9.18 Å². The van der Waals surface area contributed by atoms with Crippen LogP contribution in [0.3, 0.4) is 0 Å². The van der Waals surface area contributed by atoms with Crippen LogP contribution in [0.2, 0.25) is 0 Å². The number of carbonyl (C=O) groups is 2. The normalized spacial score (nSPS) is 12.2. The van der Waals surface area contributed by atoms with E-state index in [4.69, 9.17) is 10.8 Å². The molecule has 0 saturated carbocycles. The first-order valence-electron chi connectivity index (χ1n) is 5.42. The van der Waals surface area contributed by atoms with Crippen LogP contribution in [0.5, 0.6) is 0 Å². The van der Waals surface area contributed by atoms with Crippen molar-refractivity contribution in [1.82, 2.24) is 5.32 Å². The molecule has 0 heterocycles. The van der Waals surface area contributed by atoms with E-state index < -0.39 is 23.7 Å². The fourth-order valence-corrected chi connectivity index (χ4v) is 1.47. The van der Waals surface area contributed by atoms with Crippen molar-refractivity contribution in [3.63, 3.8) is 0 Å². The molecule has 4 N–H and O–H groups in total. The van der Waals surface area contributed by atoms with E-state index in [1.807, 2.05) is 0 Å². The second-order valence-corrected chi connectivity index (χ2v) is 4.23. The Balaban J connectivity index is 2.94. The molecule has 0 aliphatic heterocycles. The Morgan fingerprint density at radius 3 is 2.50 bits per heavy atom. The van der Waals surface area contributed by atoms with Crippen molar-refractivity contribution in [1.29, 1.82) is 0 Å². The lowest BCUT2D eigenvalue weighted by molar-refractivity contribution is -0.140. The van der Waals surface area contributed by atoms with Gasteiger partial charge in [-0.2, -0.15) is 0 Å². The molecule has 0 radical (unpaired) electrons. The number of aliphatic carboxylic acids is 1. The molecule has 0 spiro atoms. The van der Waals surface area contributed by atoms with Gasteiger partial charge in [0.1, 0.15) is 11.9 Å². The lowest BCUT2D eigenvalue weighted by Gasteiger charge is -2.18. The predicted molar refractivity (Wildman–Crippen MR) is 64.5 cm³/mol. The molecule has 1 aromatic carbocycles. The van der Waals surface area contributed by atoms with Gasteiger partial charge in [0.2, 0.25) is 0 Å². The number of halogens is 1. The number of nitrogen functional groups attached to an aromatic ring is 1. The first kappa shape index (κ1) is 14.0. The number of para-hydroxylation sites is 1. The summed E-state index contributed by atoms with van der Waals surface area (Å²) < 4.78 is 13.2. The van der Waals surface area contributed by atoms with Crippen LogP contribution in [0, 0.1) is 11.7 Å². The van der Waals surface area contributed by atoms with Gasteiger partial charge >= 0.3 is 5.97 Å². The minimum absolute atomic E-state index is 0.0677. The zero-order valence-corrected chi connectivity index (χ0v) is 10.1. The first-order valence-corrected chi connectivity index (χ1v) is 5.42. The van der Waals surface area contributed by atoms with Gasteiger partial charge in [-0.05, 0) is 18.1 Å². The minimum atomic E-state index is -1.15. The van der Waals surface area contributed by atoms with Crippen molar-refractivity contribution in [2.24, 2.45) is 5.92 Å². The molecule has 6 heteroatoms. The number of nitrogens with one attached hydrogen (secondary N) is 1. The van der Waals surface area contributed by atoms with Crippen molar-refractivity contribution >= 4 is 17.6 Å². The van der Waals surface area contributed by atoms with E-state index in [0.29, 0.717) is 0 Å². The van der Waals surface area contributed by atoms with Gasteiger partial charge in [-0.15, -0.1) is 0 Å². The Morgan fingerprint density at radius 1 is 1.39 bits per heavy atom. The average Bonchev–Trinajstić information content (AvgIpc) is 2.28. The van der Waals surface area contributed by atoms with Gasteiger partial charge in [0.05, 0.1) is 11.3 Å². The number of amides is 1. The van der Waals surface area contributed by atoms with Gasteiger partial charge in [-0.1, -0.05) is 19.9 Å². The highest BCUT2D eigenvalue weighted by atomic mass is 19.1. The molecule has 98 valence electrons. The van der Waals surface area contributed by atoms with Crippen LogP contribution in [-0.2, 0) is 4.79 Å². The van der Waals surface area contributed by atoms with Crippen molar-refractivity contribution < 1.29 is 19.1 Å². The summed E-state index contributed by atoms with van der Waals surface area (Å²) >= 11 is 0. The number of hydrogen-bond acceptors (Lipinski definition) is 3. The summed E-state index contributed by atoms with van der Waals surface area (Å²) in [6.45, 7) is 3.32. The van der Waals surface area contributed by atoms with Gasteiger partial charge in [0, 0.05) is 0 Å². The highest BCUT2D eigenvalue weighted by Crippen LogP contribution is 2.16. The van der Waals surface area contributed by atoms with Crippen molar-refractivity contribution in [2.75, 3.05) is 5.73 Å². The van der Waals surface area contributed by atoms with Crippen LogP contribution in [0.25, 0.3) is 0 Å². The zero-order chi connectivity index (χ0) is 13.9. The maximum absolute atomic E-state index is 13.2. The minimum Gasteiger partial charge on any atom is -0.480 e. The number of rotatable bonds is 4.